The summed E-state index contributed by atoms with van der Waals surface area (Å²) in [5.41, 5.74) is 5.62. The van der Waals surface area contributed by atoms with Gasteiger partial charge in [-0.05, 0) is 24.6 Å². The van der Waals surface area contributed by atoms with E-state index >= 15 is 0 Å². The van der Waals surface area contributed by atoms with E-state index in [0.29, 0.717) is 5.57 Å². The van der Waals surface area contributed by atoms with Crippen molar-refractivity contribution in [1.82, 2.24) is 0 Å². The molecule has 0 aromatic carbocycles. The van der Waals surface area contributed by atoms with Crippen molar-refractivity contribution in [3.8, 4) is 0 Å². The van der Waals surface area contributed by atoms with Crippen LogP contribution in [-0.2, 0) is 4.79 Å². The number of nitrogens with two attached hydrogens (primary N) is 1. The molecule has 72 valence electrons. The van der Waals surface area contributed by atoms with Gasteiger partial charge in [-0.25, -0.2) is 4.39 Å². The van der Waals surface area contributed by atoms with Gasteiger partial charge in [0, 0.05) is 0 Å². The maximum Gasteiger partial charge on any atom is 0.324 e. The number of allylic oxidation sites excluding steroid dienone is 4. The molecular formula is C9H12FNO2. The molecule has 4 heteroatoms. The average molecular weight is 185 g/mol. The highest BCUT2D eigenvalue weighted by molar-refractivity contribution is 5.77. The van der Waals surface area contributed by atoms with E-state index in [4.69, 9.17) is 10.8 Å². The maximum atomic E-state index is 12.5. The van der Waals surface area contributed by atoms with Crippen LogP contribution in [0.5, 0.6) is 0 Å². The summed E-state index contributed by atoms with van der Waals surface area (Å²) in [6.45, 7) is 4.72. The third kappa shape index (κ3) is 4.22. The maximum absolute atomic E-state index is 12.5. The van der Waals surface area contributed by atoms with Gasteiger partial charge in [-0.2, -0.15) is 0 Å². The second-order valence-electron chi connectivity index (χ2n) is 2.48. The summed E-state index contributed by atoms with van der Waals surface area (Å²) in [5, 5.41) is 8.47. The van der Waals surface area contributed by atoms with E-state index in [1.54, 1.807) is 0 Å². The third-order valence-corrected chi connectivity index (χ3v) is 1.46. The second-order valence-corrected chi connectivity index (χ2v) is 2.48. The van der Waals surface area contributed by atoms with Gasteiger partial charge in [-0.3, -0.25) is 4.79 Å². The number of hydrogen-bond acceptors (Lipinski definition) is 2. The number of hydrogen-bond donors (Lipinski definition) is 2. The van der Waals surface area contributed by atoms with Crippen LogP contribution in [0, 0.1) is 0 Å². The van der Waals surface area contributed by atoms with Gasteiger partial charge in [0.1, 0.15) is 11.9 Å². The zero-order valence-electron chi connectivity index (χ0n) is 7.33. The van der Waals surface area contributed by atoms with Crippen molar-refractivity contribution in [3.05, 3.63) is 36.2 Å². The van der Waals surface area contributed by atoms with E-state index < -0.39 is 17.8 Å². The smallest absolute Gasteiger partial charge is 0.324 e. The Hall–Kier alpha value is -1.42. The van der Waals surface area contributed by atoms with Crippen LogP contribution in [-0.4, -0.2) is 17.1 Å². The number of halogens is 1. The Labute approximate surface area is 76.1 Å². The van der Waals surface area contributed by atoms with Gasteiger partial charge in [0.25, 0.3) is 0 Å². The molecule has 0 rings (SSSR count). The summed E-state index contributed by atoms with van der Waals surface area (Å²) < 4.78 is 12.5. The van der Waals surface area contributed by atoms with E-state index in [0.717, 1.165) is 12.2 Å². The Morgan fingerprint density at radius 3 is 2.54 bits per heavy atom. The van der Waals surface area contributed by atoms with Crippen LogP contribution in [0.3, 0.4) is 0 Å². The van der Waals surface area contributed by atoms with Crippen molar-refractivity contribution >= 4 is 5.97 Å². The van der Waals surface area contributed by atoms with Gasteiger partial charge in [0.05, 0.1) is 0 Å². The zero-order valence-corrected chi connectivity index (χ0v) is 7.33. The van der Waals surface area contributed by atoms with Crippen LogP contribution in [0.25, 0.3) is 0 Å². The first-order valence-corrected chi connectivity index (χ1v) is 3.64. The topological polar surface area (TPSA) is 63.3 Å². The minimum atomic E-state index is -1.14. The van der Waals surface area contributed by atoms with Gasteiger partial charge < -0.3 is 10.8 Å². The number of carbonyl (C=O) groups is 1. The highest BCUT2D eigenvalue weighted by atomic mass is 19.1. The highest BCUT2D eigenvalue weighted by Crippen LogP contribution is 2.03. The van der Waals surface area contributed by atoms with Crippen molar-refractivity contribution in [2.45, 2.75) is 13.0 Å². The minimum Gasteiger partial charge on any atom is -0.480 e. The predicted molar refractivity (Wildman–Crippen MR) is 48.8 cm³/mol. The summed E-state index contributed by atoms with van der Waals surface area (Å²) in [6, 6.07) is -1.09. The van der Waals surface area contributed by atoms with Gasteiger partial charge in [-0.15, -0.1) is 0 Å². The molecule has 0 spiro atoms. The fourth-order valence-electron chi connectivity index (χ4n) is 0.578. The lowest BCUT2D eigenvalue weighted by Crippen LogP contribution is -2.31. The van der Waals surface area contributed by atoms with Crippen LogP contribution in [0.1, 0.15) is 6.92 Å². The molecule has 1 atom stereocenters. The molecule has 0 amide bonds. The van der Waals surface area contributed by atoms with Crippen molar-refractivity contribution < 1.29 is 14.3 Å². The summed E-state index contributed by atoms with van der Waals surface area (Å²) in [7, 11) is 0. The van der Waals surface area contributed by atoms with Gasteiger partial charge >= 0.3 is 5.97 Å². The Kier molecular flexibility index (Phi) is 4.69. The van der Waals surface area contributed by atoms with Gasteiger partial charge in [0.15, 0.2) is 0 Å². The molecule has 0 saturated carbocycles. The largest absolute Gasteiger partial charge is 0.480 e. The lowest BCUT2D eigenvalue weighted by molar-refractivity contribution is -0.137. The molecule has 0 aromatic rings. The molecule has 3 nitrogen and oxygen atoms in total. The first-order chi connectivity index (χ1) is 5.99. The fourth-order valence-corrected chi connectivity index (χ4v) is 0.578. The highest BCUT2D eigenvalue weighted by Gasteiger charge is 2.11. The lowest BCUT2D eigenvalue weighted by atomic mass is 10.1. The first-order valence-electron chi connectivity index (χ1n) is 3.64. The molecule has 0 aliphatic carbocycles. The molecule has 3 N–H and O–H groups in total. The van der Waals surface area contributed by atoms with Crippen LogP contribution in [0.15, 0.2) is 36.2 Å². The fraction of sp³-hybridized carbons (Fsp3) is 0.222. The minimum absolute atomic E-state index is 0.379. The van der Waals surface area contributed by atoms with Crippen LogP contribution < -0.4 is 5.73 Å². The third-order valence-electron chi connectivity index (χ3n) is 1.46. The van der Waals surface area contributed by atoms with E-state index in [1.165, 1.54) is 13.0 Å². The lowest BCUT2D eigenvalue weighted by Gasteiger charge is -2.04. The average Bonchev–Trinajstić information content (AvgIpc) is 2.11. The van der Waals surface area contributed by atoms with Crippen molar-refractivity contribution in [3.63, 3.8) is 0 Å². The van der Waals surface area contributed by atoms with Crippen molar-refractivity contribution in [2.75, 3.05) is 0 Å². The SMILES string of the molecule is C=CC(F)=CC=C(C)C(N)C(=O)O. The van der Waals surface area contributed by atoms with E-state index in [1.807, 2.05) is 0 Å². The standard InChI is InChI=1S/C9H12FNO2/c1-3-7(10)5-4-6(2)8(11)9(12)13/h3-5,8H,1,11H2,2H3,(H,12,13). The van der Waals surface area contributed by atoms with E-state index in [2.05, 4.69) is 6.58 Å². The number of rotatable bonds is 4. The molecule has 1 unspecified atom stereocenters. The van der Waals surface area contributed by atoms with Crippen molar-refractivity contribution in [1.29, 1.82) is 0 Å². The van der Waals surface area contributed by atoms with E-state index in [9.17, 15) is 9.18 Å². The van der Waals surface area contributed by atoms with Crippen LogP contribution in [0.4, 0.5) is 4.39 Å². The normalized spacial score (nSPS) is 15.3. The first kappa shape index (κ1) is 11.6. The Morgan fingerprint density at radius 1 is 1.62 bits per heavy atom. The zero-order chi connectivity index (χ0) is 10.4. The predicted octanol–water partition coefficient (Wildman–Crippen LogP) is 1.38. The molecular weight excluding hydrogens is 173 g/mol. The Bertz CT molecular complexity index is 269. The summed E-state index contributed by atoms with van der Waals surface area (Å²) in [6.07, 6.45) is 3.46. The summed E-state index contributed by atoms with van der Waals surface area (Å²) in [4.78, 5) is 10.4. The molecule has 0 radical (unpaired) electrons. The summed E-state index contributed by atoms with van der Waals surface area (Å²) >= 11 is 0. The van der Waals surface area contributed by atoms with Gasteiger partial charge in [0.2, 0.25) is 0 Å². The molecule has 13 heavy (non-hydrogen) atoms. The molecule has 0 bridgehead atoms. The van der Waals surface area contributed by atoms with Gasteiger partial charge in [-0.1, -0.05) is 12.7 Å². The van der Waals surface area contributed by atoms with Crippen LogP contribution >= 0.6 is 0 Å². The molecule has 0 fully saturated rings. The Morgan fingerprint density at radius 2 is 2.15 bits per heavy atom. The van der Waals surface area contributed by atoms with Crippen LogP contribution in [0.2, 0.25) is 0 Å². The monoisotopic (exact) mass is 185 g/mol. The number of carboxylic acid groups (broad SMARTS) is 1. The summed E-state index contributed by atoms with van der Waals surface area (Å²) in [5.74, 6) is -1.67. The number of aliphatic carboxylic acids is 1. The molecule has 0 aliphatic rings. The molecule has 0 heterocycles. The van der Waals surface area contributed by atoms with Crippen molar-refractivity contribution in [2.24, 2.45) is 5.73 Å². The Balaban J connectivity index is 4.50. The van der Waals surface area contributed by atoms with E-state index in [-0.39, 0.29) is 0 Å². The molecule has 0 saturated heterocycles. The number of carboxylic acids is 1. The quantitative estimate of drug-likeness (QED) is 0.650. The molecule has 0 aromatic heterocycles. The molecule has 0 aliphatic heterocycles. The second kappa shape index (κ2) is 5.27.